The van der Waals surface area contributed by atoms with Crippen molar-refractivity contribution < 1.29 is 24.4 Å². The van der Waals surface area contributed by atoms with E-state index in [1.807, 2.05) is 12.1 Å². The summed E-state index contributed by atoms with van der Waals surface area (Å²) in [6.45, 7) is 13.8. The van der Waals surface area contributed by atoms with Crippen molar-refractivity contribution in [3.05, 3.63) is 76.9 Å². The Hall–Kier alpha value is -3.85. The predicted molar refractivity (Wildman–Crippen MR) is 252 cm³/mol. The van der Waals surface area contributed by atoms with E-state index in [0.717, 1.165) is 59.1 Å². The number of aromatic nitrogens is 3. The topological polar surface area (TPSA) is 107 Å². The summed E-state index contributed by atoms with van der Waals surface area (Å²) in [7, 11) is 0. The standard InChI is InChI=1S/C53H79N3O5/c1-7-9-11-13-15-17-19-21-23-25-27-35-60-53(59-34-26-24-22-20-18-16-14-12-10-8-2)49(58)39-61-44-30-33-47(48(57)38-44)52-55-50(45-31-28-40(3)36-42(45)5)54-51(56-52)46-32-29-41(4)37-43(46)6/h28-33,36-38,49,53,57-58H,7-27,34-35,39H2,1-6H3. The first-order valence-electron chi connectivity index (χ1n) is 24.0. The molecule has 0 fully saturated rings. The van der Waals surface area contributed by atoms with E-state index in [2.05, 4.69) is 65.8 Å². The number of aliphatic hydroxyl groups excluding tert-OH is 1. The molecule has 4 rings (SSSR count). The second-order valence-electron chi connectivity index (χ2n) is 17.3. The molecule has 2 unspecified atom stereocenters. The molecule has 2 N–H and O–H groups in total. The summed E-state index contributed by atoms with van der Waals surface area (Å²) < 4.78 is 18.4. The van der Waals surface area contributed by atoms with E-state index in [1.54, 1.807) is 18.2 Å². The number of aliphatic hydroxyl groups is 1. The van der Waals surface area contributed by atoms with Crippen LogP contribution in [0.15, 0.2) is 54.6 Å². The van der Waals surface area contributed by atoms with Crippen molar-refractivity contribution in [2.75, 3.05) is 19.8 Å². The molecular formula is C53H79N3O5. The van der Waals surface area contributed by atoms with Gasteiger partial charge in [0.25, 0.3) is 0 Å². The molecule has 0 bridgehead atoms. The van der Waals surface area contributed by atoms with Crippen LogP contribution in [-0.4, -0.2) is 57.4 Å². The van der Waals surface area contributed by atoms with Crippen LogP contribution in [0.2, 0.25) is 0 Å². The number of rotatable bonds is 32. The quantitative estimate of drug-likeness (QED) is 0.0370. The zero-order chi connectivity index (χ0) is 43.7. The molecule has 8 nitrogen and oxygen atoms in total. The highest BCUT2D eigenvalue weighted by molar-refractivity contribution is 5.72. The highest BCUT2D eigenvalue weighted by Crippen LogP contribution is 2.34. The van der Waals surface area contributed by atoms with Gasteiger partial charge in [0.15, 0.2) is 23.8 Å². The molecule has 0 aliphatic rings. The van der Waals surface area contributed by atoms with Crippen molar-refractivity contribution in [2.24, 2.45) is 0 Å². The lowest BCUT2D eigenvalue weighted by atomic mass is 10.0. The molecular weight excluding hydrogens is 759 g/mol. The van der Waals surface area contributed by atoms with E-state index in [0.29, 0.717) is 42.0 Å². The first-order chi connectivity index (χ1) is 29.7. The van der Waals surface area contributed by atoms with Crippen molar-refractivity contribution in [1.29, 1.82) is 0 Å². The van der Waals surface area contributed by atoms with Gasteiger partial charge in [0.05, 0.1) is 5.56 Å². The second kappa shape index (κ2) is 28.7. The number of aromatic hydroxyl groups is 1. The molecule has 0 saturated heterocycles. The van der Waals surface area contributed by atoms with E-state index in [4.69, 9.17) is 29.2 Å². The summed E-state index contributed by atoms with van der Waals surface area (Å²) in [6.07, 6.45) is 24.6. The number of ether oxygens (including phenoxy) is 3. The number of aryl methyl sites for hydroxylation is 4. The minimum Gasteiger partial charge on any atom is -0.507 e. The van der Waals surface area contributed by atoms with Crippen molar-refractivity contribution >= 4 is 0 Å². The molecule has 2 atom stereocenters. The third-order valence-corrected chi connectivity index (χ3v) is 11.6. The zero-order valence-corrected chi connectivity index (χ0v) is 38.8. The smallest absolute Gasteiger partial charge is 0.186 e. The molecule has 0 amide bonds. The van der Waals surface area contributed by atoms with Gasteiger partial charge in [-0.3, -0.25) is 0 Å². The number of hydrogen-bond acceptors (Lipinski definition) is 8. The second-order valence-corrected chi connectivity index (χ2v) is 17.3. The maximum Gasteiger partial charge on any atom is 0.186 e. The summed E-state index contributed by atoms with van der Waals surface area (Å²) in [5.74, 6) is 1.82. The molecule has 8 heteroatoms. The average Bonchev–Trinajstić information content (AvgIpc) is 3.24. The highest BCUT2D eigenvalue weighted by Gasteiger charge is 2.23. The van der Waals surface area contributed by atoms with Crippen molar-refractivity contribution in [3.8, 4) is 45.7 Å². The summed E-state index contributed by atoms with van der Waals surface area (Å²) >= 11 is 0. The summed E-state index contributed by atoms with van der Waals surface area (Å²) in [6, 6.07) is 17.5. The van der Waals surface area contributed by atoms with Crippen LogP contribution in [-0.2, 0) is 9.47 Å². The normalized spacial score (nSPS) is 12.5. The van der Waals surface area contributed by atoms with Crippen LogP contribution in [0.5, 0.6) is 11.5 Å². The van der Waals surface area contributed by atoms with E-state index in [-0.39, 0.29) is 12.4 Å². The van der Waals surface area contributed by atoms with Gasteiger partial charge in [-0.15, -0.1) is 0 Å². The van der Waals surface area contributed by atoms with Gasteiger partial charge in [-0.25, -0.2) is 15.0 Å². The lowest BCUT2D eigenvalue weighted by Crippen LogP contribution is -2.37. The molecule has 1 heterocycles. The van der Waals surface area contributed by atoms with E-state index in [1.165, 1.54) is 109 Å². The van der Waals surface area contributed by atoms with Gasteiger partial charge >= 0.3 is 0 Å². The molecule has 1 aromatic heterocycles. The Morgan fingerprint density at radius 1 is 0.475 bits per heavy atom. The molecule has 0 aliphatic carbocycles. The Labute approximate surface area is 369 Å². The van der Waals surface area contributed by atoms with E-state index >= 15 is 0 Å². The van der Waals surface area contributed by atoms with Gasteiger partial charge in [0.1, 0.15) is 24.2 Å². The predicted octanol–water partition coefficient (Wildman–Crippen LogP) is 14.1. The van der Waals surface area contributed by atoms with E-state index in [9.17, 15) is 10.2 Å². The van der Waals surface area contributed by atoms with Crippen LogP contribution in [0.4, 0.5) is 0 Å². The number of phenols is 1. The lowest BCUT2D eigenvalue weighted by Gasteiger charge is -2.24. The summed E-state index contributed by atoms with van der Waals surface area (Å²) in [5, 5.41) is 22.7. The first kappa shape index (κ1) is 49.8. The van der Waals surface area contributed by atoms with Crippen molar-refractivity contribution in [3.63, 3.8) is 0 Å². The SMILES string of the molecule is CCCCCCCCCCCCCOC(OCCCCCCCCCCCC)C(O)COc1ccc(-c2nc(-c3ccc(C)cc3C)nc(-c3ccc(C)cc3C)n2)c(O)c1. The molecule has 336 valence electrons. The van der Waals surface area contributed by atoms with Crippen LogP contribution in [0.1, 0.15) is 171 Å². The number of hydrogen-bond donors (Lipinski definition) is 2. The monoisotopic (exact) mass is 838 g/mol. The molecule has 0 spiro atoms. The molecule has 0 aliphatic heterocycles. The Bertz CT molecular complexity index is 1760. The number of benzene rings is 3. The third-order valence-electron chi connectivity index (χ3n) is 11.6. The maximum absolute atomic E-state index is 11.4. The van der Waals surface area contributed by atoms with Gasteiger partial charge in [0, 0.05) is 30.4 Å². The number of phenolic OH excluding ortho intramolecular Hbond substituents is 1. The van der Waals surface area contributed by atoms with Crippen LogP contribution in [0.3, 0.4) is 0 Å². The van der Waals surface area contributed by atoms with Gasteiger partial charge < -0.3 is 24.4 Å². The Morgan fingerprint density at radius 3 is 1.25 bits per heavy atom. The summed E-state index contributed by atoms with van der Waals surface area (Å²) in [5.41, 5.74) is 6.71. The minimum absolute atomic E-state index is 0.0298. The molecule has 3 aromatic carbocycles. The largest absolute Gasteiger partial charge is 0.507 e. The highest BCUT2D eigenvalue weighted by atomic mass is 16.7. The van der Waals surface area contributed by atoms with Crippen LogP contribution < -0.4 is 4.74 Å². The average molecular weight is 838 g/mol. The molecule has 4 aromatic rings. The Balaban J connectivity index is 1.36. The van der Waals surface area contributed by atoms with Gasteiger partial charge in [0.2, 0.25) is 0 Å². The molecule has 61 heavy (non-hydrogen) atoms. The van der Waals surface area contributed by atoms with Crippen LogP contribution in [0.25, 0.3) is 34.2 Å². The fourth-order valence-corrected chi connectivity index (χ4v) is 7.94. The summed E-state index contributed by atoms with van der Waals surface area (Å²) in [4.78, 5) is 14.7. The van der Waals surface area contributed by atoms with E-state index < -0.39 is 12.4 Å². The Kier molecular flexibility index (Phi) is 23.4. The van der Waals surface area contributed by atoms with Crippen molar-refractivity contribution in [1.82, 2.24) is 15.0 Å². The van der Waals surface area contributed by atoms with Crippen LogP contribution >= 0.6 is 0 Å². The Morgan fingerprint density at radius 2 is 0.852 bits per heavy atom. The number of nitrogens with zero attached hydrogens (tertiary/aromatic N) is 3. The zero-order valence-electron chi connectivity index (χ0n) is 38.8. The fourth-order valence-electron chi connectivity index (χ4n) is 7.94. The number of unbranched alkanes of at least 4 members (excludes halogenated alkanes) is 19. The minimum atomic E-state index is -0.998. The first-order valence-corrected chi connectivity index (χ1v) is 24.0. The van der Waals surface area contributed by atoms with Gasteiger partial charge in [-0.1, -0.05) is 183 Å². The third kappa shape index (κ3) is 18.2. The lowest BCUT2D eigenvalue weighted by molar-refractivity contribution is -0.200. The molecule has 0 radical (unpaired) electrons. The maximum atomic E-state index is 11.4. The molecule has 0 saturated carbocycles. The van der Waals surface area contributed by atoms with Crippen LogP contribution in [0, 0.1) is 27.7 Å². The van der Waals surface area contributed by atoms with Crippen molar-refractivity contribution in [2.45, 2.75) is 189 Å². The van der Waals surface area contributed by atoms with Gasteiger partial charge in [-0.05, 0) is 63.8 Å². The fraction of sp³-hybridized carbons (Fsp3) is 0.604. The van der Waals surface area contributed by atoms with Gasteiger partial charge in [-0.2, -0.15) is 0 Å².